The molecule has 0 radical (unpaired) electrons. The molecule has 1 atom stereocenters. The fourth-order valence-corrected chi connectivity index (χ4v) is 3.92. The van der Waals surface area contributed by atoms with Crippen LogP contribution in [-0.4, -0.2) is 17.3 Å². The van der Waals surface area contributed by atoms with Gasteiger partial charge in [-0.15, -0.1) is 0 Å². The van der Waals surface area contributed by atoms with Gasteiger partial charge in [0.25, 0.3) is 0 Å². The highest BCUT2D eigenvalue weighted by molar-refractivity contribution is 6.37. The van der Waals surface area contributed by atoms with Crippen molar-refractivity contribution in [3.63, 3.8) is 0 Å². The number of hydrogen-bond acceptors (Lipinski definition) is 4. The van der Waals surface area contributed by atoms with Crippen LogP contribution >= 0.6 is 0 Å². The van der Waals surface area contributed by atoms with Crippen LogP contribution in [0.5, 0.6) is 0 Å². The van der Waals surface area contributed by atoms with E-state index in [9.17, 15) is 9.59 Å². The number of hydrazone groups is 1. The lowest BCUT2D eigenvalue weighted by atomic mass is 9.83. The predicted octanol–water partition coefficient (Wildman–Crippen LogP) is 3.95. The van der Waals surface area contributed by atoms with Crippen LogP contribution < -0.4 is 5.84 Å². The Morgan fingerprint density at radius 1 is 0.821 bits per heavy atom. The zero-order chi connectivity index (χ0) is 19.5. The summed E-state index contributed by atoms with van der Waals surface area (Å²) in [5, 5.41) is 3.81. The molecule has 0 saturated heterocycles. The Morgan fingerprint density at radius 2 is 1.32 bits per heavy atom. The zero-order valence-electron chi connectivity index (χ0n) is 15.3. The number of carbonyl (C=O) groups excluding carboxylic acids is 2. The van der Waals surface area contributed by atoms with Gasteiger partial charge in [-0.2, -0.15) is 5.10 Å². The van der Waals surface area contributed by atoms with Crippen LogP contribution in [-0.2, 0) is 4.79 Å². The van der Waals surface area contributed by atoms with Gasteiger partial charge >= 0.3 is 0 Å². The number of nitrogens with zero attached hydrogens (tertiary/aromatic N) is 1. The lowest BCUT2D eigenvalue weighted by Gasteiger charge is -2.19. The van der Waals surface area contributed by atoms with Crippen LogP contribution in [0.1, 0.15) is 39.4 Å². The van der Waals surface area contributed by atoms with Gasteiger partial charge < -0.3 is 5.84 Å². The Morgan fingerprint density at radius 3 is 1.86 bits per heavy atom. The highest BCUT2D eigenvalue weighted by Crippen LogP contribution is 2.33. The van der Waals surface area contributed by atoms with Gasteiger partial charge in [0.1, 0.15) is 5.92 Å². The van der Waals surface area contributed by atoms with E-state index in [1.807, 2.05) is 66.7 Å². The molecular formula is C24H20N2O2. The molecule has 28 heavy (non-hydrogen) atoms. The second-order valence-electron chi connectivity index (χ2n) is 6.90. The van der Waals surface area contributed by atoms with Crippen LogP contribution in [0, 0.1) is 5.92 Å². The topological polar surface area (TPSA) is 72.5 Å². The smallest absolute Gasteiger partial charge is 0.180 e. The first kappa shape index (κ1) is 17.9. The number of nitrogens with two attached hydrogens (primary N) is 1. The molecule has 0 aromatic heterocycles. The molecular weight excluding hydrogens is 348 g/mol. The fourth-order valence-electron chi connectivity index (χ4n) is 3.92. The summed E-state index contributed by atoms with van der Waals surface area (Å²) in [6, 6.07) is 26.9. The van der Waals surface area contributed by atoms with E-state index in [1.54, 1.807) is 18.2 Å². The number of Topliss-reactive ketones (excluding diaryl/α,β-unsaturated/α-hetero) is 2. The van der Waals surface area contributed by atoms with Crippen molar-refractivity contribution in [2.45, 2.75) is 12.3 Å². The van der Waals surface area contributed by atoms with Gasteiger partial charge in [0.2, 0.25) is 0 Å². The number of hydrogen-bond donors (Lipinski definition) is 1. The predicted molar refractivity (Wildman–Crippen MR) is 109 cm³/mol. The van der Waals surface area contributed by atoms with Gasteiger partial charge in [-0.05, 0) is 11.1 Å². The van der Waals surface area contributed by atoms with Crippen molar-refractivity contribution in [2.24, 2.45) is 16.9 Å². The fraction of sp³-hybridized carbons (Fsp3) is 0.125. The molecule has 4 rings (SSSR count). The van der Waals surface area contributed by atoms with Crippen molar-refractivity contribution in [1.29, 1.82) is 0 Å². The SMILES string of the molecule is N/N=C1\c2ccccc2C(=O)C1C(=O)CC(c1ccccc1)c1ccccc1. The zero-order valence-corrected chi connectivity index (χ0v) is 15.3. The summed E-state index contributed by atoms with van der Waals surface area (Å²) >= 11 is 0. The molecule has 1 aliphatic rings. The third-order valence-corrected chi connectivity index (χ3v) is 5.27. The largest absolute Gasteiger partial charge is 0.323 e. The van der Waals surface area contributed by atoms with Crippen molar-refractivity contribution in [1.82, 2.24) is 0 Å². The van der Waals surface area contributed by atoms with Crippen LogP contribution in [0.3, 0.4) is 0 Å². The molecule has 4 heteroatoms. The molecule has 4 nitrogen and oxygen atoms in total. The van der Waals surface area contributed by atoms with Crippen molar-refractivity contribution in [2.75, 3.05) is 0 Å². The molecule has 0 aliphatic heterocycles. The Bertz CT molecular complexity index is 1000. The van der Waals surface area contributed by atoms with E-state index in [1.165, 1.54) is 0 Å². The summed E-state index contributed by atoms with van der Waals surface area (Å²) in [5.41, 5.74) is 3.61. The van der Waals surface area contributed by atoms with E-state index in [0.717, 1.165) is 11.1 Å². The first-order valence-corrected chi connectivity index (χ1v) is 9.24. The van der Waals surface area contributed by atoms with Crippen molar-refractivity contribution >= 4 is 17.3 Å². The molecule has 0 spiro atoms. The van der Waals surface area contributed by atoms with E-state index >= 15 is 0 Å². The molecule has 0 fully saturated rings. The van der Waals surface area contributed by atoms with Gasteiger partial charge in [-0.1, -0.05) is 84.9 Å². The number of ketones is 2. The van der Waals surface area contributed by atoms with E-state index in [2.05, 4.69) is 5.10 Å². The van der Waals surface area contributed by atoms with Crippen LogP contribution in [0.15, 0.2) is 90.0 Å². The second kappa shape index (κ2) is 7.61. The van der Waals surface area contributed by atoms with Crippen LogP contribution in [0.25, 0.3) is 0 Å². The van der Waals surface area contributed by atoms with E-state index in [0.29, 0.717) is 16.8 Å². The maximum Gasteiger partial charge on any atom is 0.180 e. The summed E-state index contributed by atoms with van der Waals surface area (Å²) in [5.74, 6) is 4.13. The van der Waals surface area contributed by atoms with Gasteiger partial charge in [-0.25, -0.2) is 0 Å². The molecule has 2 N–H and O–H groups in total. The normalized spacial score (nSPS) is 17.1. The number of carbonyl (C=O) groups is 2. The van der Waals surface area contributed by atoms with Gasteiger partial charge in [0.05, 0.1) is 5.71 Å². The molecule has 1 unspecified atom stereocenters. The minimum atomic E-state index is -0.933. The molecule has 3 aromatic rings. The van der Waals surface area contributed by atoms with Gasteiger partial charge in [0, 0.05) is 23.5 Å². The molecule has 1 aliphatic carbocycles. The summed E-state index contributed by atoms with van der Waals surface area (Å²) in [4.78, 5) is 26.2. The minimum absolute atomic E-state index is 0.134. The molecule has 3 aromatic carbocycles. The molecule has 0 bridgehead atoms. The van der Waals surface area contributed by atoms with Gasteiger partial charge in [-0.3, -0.25) is 9.59 Å². The monoisotopic (exact) mass is 368 g/mol. The third kappa shape index (κ3) is 3.14. The Labute approximate surface area is 163 Å². The number of benzene rings is 3. The molecule has 0 heterocycles. The van der Waals surface area contributed by atoms with E-state index < -0.39 is 5.92 Å². The molecule has 0 amide bonds. The summed E-state index contributed by atoms with van der Waals surface area (Å²) in [6.45, 7) is 0. The van der Waals surface area contributed by atoms with E-state index in [-0.39, 0.29) is 23.9 Å². The number of rotatable bonds is 5. The maximum absolute atomic E-state index is 13.3. The molecule has 138 valence electrons. The summed E-state index contributed by atoms with van der Waals surface area (Å²) < 4.78 is 0. The van der Waals surface area contributed by atoms with Gasteiger partial charge in [0.15, 0.2) is 11.6 Å². The first-order valence-electron chi connectivity index (χ1n) is 9.24. The lowest BCUT2D eigenvalue weighted by Crippen LogP contribution is -2.28. The highest BCUT2D eigenvalue weighted by atomic mass is 16.2. The Kier molecular flexibility index (Phi) is 4.85. The quantitative estimate of drug-likeness (QED) is 0.421. The Hall–Kier alpha value is -3.53. The maximum atomic E-state index is 13.3. The van der Waals surface area contributed by atoms with Crippen molar-refractivity contribution in [3.05, 3.63) is 107 Å². The average Bonchev–Trinajstić information content (AvgIpc) is 3.05. The highest BCUT2D eigenvalue weighted by Gasteiger charge is 2.41. The minimum Gasteiger partial charge on any atom is -0.323 e. The summed E-state index contributed by atoms with van der Waals surface area (Å²) in [7, 11) is 0. The Balaban J connectivity index is 1.69. The van der Waals surface area contributed by atoms with Crippen molar-refractivity contribution in [3.8, 4) is 0 Å². The van der Waals surface area contributed by atoms with Crippen LogP contribution in [0.2, 0.25) is 0 Å². The van der Waals surface area contributed by atoms with Crippen LogP contribution in [0.4, 0.5) is 0 Å². The third-order valence-electron chi connectivity index (χ3n) is 5.27. The first-order chi connectivity index (χ1) is 13.7. The van der Waals surface area contributed by atoms with Crippen molar-refractivity contribution < 1.29 is 9.59 Å². The average molecular weight is 368 g/mol. The second-order valence-corrected chi connectivity index (χ2v) is 6.90. The van der Waals surface area contributed by atoms with E-state index in [4.69, 9.17) is 5.84 Å². The lowest BCUT2D eigenvalue weighted by molar-refractivity contribution is -0.120. The summed E-state index contributed by atoms with van der Waals surface area (Å²) in [6.07, 6.45) is 0.206. The number of fused-ring (bicyclic) bond motifs is 1. The molecule has 0 saturated carbocycles. The standard InChI is InChI=1S/C24H20N2O2/c25-26-23-18-13-7-8-14-19(18)24(28)22(23)21(27)15-20(16-9-3-1-4-10-16)17-11-5-2-6-12-17/h1-14,20,22H,15,25H2/b26-23+.